The highest BCUT2D eigenvalue weighted by atomic mass is 16.1. The highest BCUT2D eigenvalue weighted by molar-refractivity contribution is 5.93. The average Bonchev–Trinajstić information content (AvgIpc) is 3.08. The number of hydrogen-bond donors (Lipinski definition) is 3. The zero-order valence-corrected chi connectivity index (χ0v) is 12.8. The summed E-state index contributed by atoms with van der Waals surface area (Å²) in [4.78, 5) is 26.2. The Bertz CT molecular complexity index is 1040. The first-order valence-corrected chi connectivity index (χ1v) is 7.60. The molecule has 24 heavy (non-hydrogen) atoms. The van der Waals surface area contributed by atoms with Crippen LogP contribution in [-0.2, 0) is 6.54 Å². The van der Waals surface area contributed by atoms with Crippen molar-refractivity contribution in [1.82, 2.24) is 19.9 Å². The lowest BCUT2D eigenvalue weighted by atomic mass is 10.1. The Morgan fingerprint density at radius 2 is 1.96 bits per heavy atom. The molecular weight excluding hydrogens is 302 g/mol. The van der Waals surface area contributed by atoms with Crippen molar-refractivity contribution in [2.45, 2.75) is 6.54 Å². The van der Waals surface area contributed by atoms with Crippen LogP contribution in [0.3, 0.4) is 0 Å². The van der Waals surface area contributed by atoms with E-state index in [-0.39, 0.29) is 5.56 Å². The number of aromatic nitrogens is 4. The van der Waals surface area contributed by atoms with Crippen molar-refractivity contribution in [3.8, 4) is 11.3 Å². The van der Waals surface area contributed by atoms with Crippen LogP contribution in [0.25, 0.3) is 22.3 Å². The Morgan fingerprint density at radius 3 is 2.79 bits per heavy atom. The predicted octanol–water partition coefficient (Wildman–Crippen LogP) is 2.93. The lowest BCUT2D eigenvalue weighted by molar-refractivity contribution is 1.10. The molecule has 0 saturated heterocycles. The van der Waals surface area contributed by atoms with Crippen molar-refractivity contribution in [2.75, 3.05) is 5.32 Å². The summed E-state index contributed by atoms with van der Waals surface area (Å²) in [7, 11) is 0. The highest BCUT2D eigenvalue weighted by Gasteiger charge is 2.09. The summed E-state index contributed by atoms with van der Waals surface area (Å²) in [5, 5.41) is 4.28. The van der Waals surface area contributed by atoms with Crippen LogP contribution in [-0.4, -0.2) is 19.9 Å². The molecule has 118 valence electrons. The molecule has 0 aliphatic carbocycles. The molecular formula is C18H15N5O. The Hall–Kier alpha value is -3.41. The van der Waals surface area contributed by atoms with Crippen molar-refractivity contribution in [1.29, 1.82) is 0 Å². The molecule has 0 atom stereocenters. The fourth-order valence-electron chi connectivity index (χ4n) is 2.65. The standard InChI is InChI=1S/C18H15N5O/c24-17-3-1-2-15(22-17)14-10-16(23-18-13(14)6-9-20-18)21-11-12-4-7-19-8-5-12/h1-10H,11H2,(H,22,24)(H2,20,21,23). The number of anilines is 1. The molecule has 3 N–H and O–H groups in total. The largest absolute Gasteiger partial charge is 0.366 e. The summed E-state index contributed by atoms with van der Waals surface area (Å²) in [6.07, 6.45) is 5.37. The topological polar surface area (TPSA) is 86.5 Å². The summed E-state index contributed by atoms with van der Waals surface area (Å²) < 4.78 is 0. The molecule has 0 saturated carbocycles. The van der Waals surface area contributed by atoms with Gasteiger partial charge in [-0.1, -0.05) is 6.07 Å². The quantitative estimate of drug-likeness (QED) is 0.540. The van der Waals surface area contributed by atoms with Gasteiger partial charge < -0.3 is 15.3 Å². The number of H-pyrrole nitrogens is 2. The van der Waals surface area contributed by atoms with Crippen molar-refractivity contribution < 1.29 is 0 Å². The first-order valence-electron chi connectivity index (χ1n) is 7.60. The number of fused-ring (bicyclic) bond motifs is 1. The van der Waals surface area contributed by atoms with E-state index < -0.39 is 0 Å². The number of pyridine rings is 3. The van der Waals surface area contributed by atoms with Gasteiger partial charge in [-0.05, 0) is 35.9 Å². The number of nitrogens with zero attached hydrogens (tertiary/aromatic N) is 2. The Kier molecular flexibility index (Phi) is 3.55. The second-order valence-corrected chi connectivity index (χ2v) is 5.43. The lowest BCUT2D eigenvalue weighted by Gasteiger charge is -2.09. The molecule has 0 spiro atoms. The zero-order valence-electron chi connectivity index (χ0n) is 12.8. The SMILES string of the molecule is O=c1cccc(-c2cc(NCc3ccncc3)nc3[nH]ccc23)[nH]1. The van der Waals surface area contributed by atoms with Crippen LogP contribution >= 0.6 is 0 Å². The monoisotopic (exact) mass is 317 g/mol. The van der Waals surface area contributed by atoms with E-state index >= 15 is 0 Å². The molecule has 0 aliphatic heterocycles. The van der Waals surface area contributed by atoms with Crippen LogP contribution in [0.1, 0.15) is 5.56 Å². The minimum absolute atomic E-state index is 0.126. The third kappa shape index (κ3) is 2.77. The van der Waals surface area contributed by atoms with Gasteiger partial charge >= 0.3 is 0 Å². The highest BCUT2D eigenvalue weighted by Crippen LogP contribution is 2.28. The Balaban J connectivity index is 1.73. The third-order valence-electron chi connectivity index (χ3n) is 3.81. The predicted molar refractivity (Wildman–Crippen MR) is 93.7 cm³/mol. The third-order valence-corrected chi connectivity index (χ3v) is 3.81. The van der Waals surface area contributed by atoms with E-state index in [0.29, 0.717) is 6.54 Å². The van der Waals surface area contributed by atoms with E-state index in [0.717, 1.165) is 33.7 Å². The fourth-order valence-corrected chi connectivity index (χ4v) is 2.65. The van der Waals surface area contributed by atoms with Gasteiger partial charge in [-0.25, -0.2) is 4.98 Å². The van der Waals surface area contributed by atoms with E-state index in [4.69, 9.17) is 0 Å². The van der Waals surface area contributed by atoms with Gasteiger partial charge in [0.2, 0.25) is 5.56 Å². The first-order chi connectivity index (χ1) is 11.8. The van der Waals surface area contributed by atoms with Gasteiger partial charge in [0.15, 0.2) is 0 Å². The molecule has 0 aliphatic rings. The van der Waals surface area contributed by atoms with Crippen LogP contribution in [0, 0.1) is 0 Å². The first kappa shape index (κ1) is 14.2. The van der Waals surface area contributed by atoms with Crippen molar-refractivity contribution in [3.05, 3.63) is 77.0 Å². The van der Waals surface area contributed by atoms with Crippen LogP contribution in [0.5, 0.6) is 0 Å². The molecule has 0 radical (unpaired) electrons. The summed E-state index contributed by atoms with van der Waals surface area (Å²) in [6, 6.07) is 12.9. The van der Waals surface area contributed by atoms with Gasteiger partial charge in [0.1, 0.15) is 11.5 Å². The van der Waals surface area contributed by atoms with Crippen LogP contribution < -0.4 is 10.9 Å². The van der Waals surface area contributed by atoms with E-state index in [1.165, 1.54) is 6.07 Å². The fraction of sp³-hybridized carbons (Fsp3) is 0.0556. The maximum atomic E-state index is 11.6. The summed E-state index contributed by atoms with van der Waals surface area (Å²) >= 11 is 0. The molecule has 0 aromatic carbocycles. The normalized spacial score (nSPS) is 10.8. The molecule has 0 fully saturated rings. The van der Waals surface area contributed by atoms with Crippen molar-refractivity contribution >= 4 is 16.9 Å². The molecule has 0 unspecified atom stereocenters. The minimum Gasteiger partial charge on any atom is -0.366 e. The second-order valence-electron chi connectivity index (χ2n) is 5.43. The molecule has 4 rings (SSSR count). The summed E-state index contributed by atoms with van der Waals surface area (Å²) in [6.45, 7) is 0.645. The number of nitrogens with one attached hydrogen (secondary N) is 3. The van der Waals surface area contributed by atoms with Gasteiger partial charge in [-0.3, -0.25) is 9.78 Å². The summed E-state index contributed by atoms with van der Waals surface area (Å²) in [5.74, 6) is 0.737. The maximum Gasteiger partial charge on any atom is 0.248 e. The van der Waals surface area contributed by atoms with Crippen molar-refractivity contribution in [2.24, 2.45) is 0 Å². The van der Waals surface area contributed by atoms with Crippen LogP contribution in [0.2, 0.25) is 0 Å². The number of hydrogen-bond acceptors (Lipinski definition) is 4. The number of rotatable bonds is 4. The van der Waals surface area contributed by atoms with Crippen molar-refractivity contribution in [3.63, 3.8) is 0 Å². The number of aromatic amines is 2. The average molecular weight is 317 g/mol. The van der Waals surface area contributed by atoms with Gasteiger partial charge in [-0.2, -0.15) is 0 Å². The summed E-state index contributed by atoms with van der Waals surface area (Å²) in [5.41, 5.74) is 3.46. The van der Waals surface area contributed by atoms with Gasteiger partial charge in [0.05, 0.1) is 0 Å². The van der Waals surface area contributed by atoms with E-state index in [2.05, 4.69) is 25.3 Å². The molecule has 4 aromatic heterocycles. The van der Waals surface area contributed by atoms with E-state index in [1.54, 1.807) is 18.5 Å². The molecule has 4 aromatic rings. The van der Waals surface area contributed by atoms with Crippen LogP contribution in [0.4, 0.5) is 5.82 Å². The molecule has 0 amide bonds. The molecule has 6 nitrogen and oxygen atoms in total. The van der Waals surface area contributed by atoms with Crippen LogP contribution in [0.15, 0.2) is 65.8 Å². The molecule has 0 bridgehead atoms. The Labute approximate surface area is 137 Å². The zero-order chi connectivity index (χ0) is 16.4. The minimum atomic E-state index is -0.126. The molecule has 4 heterocycles. The second kappa shape index (κ2) is 6.00. The van der Waals surface area contributed by atoms with E-state index in [1.807, 2.05) is 36.5 Å². The maximum absolute atomic E-state index is 11.6. The van der Waals surface area contributed by atoms with Gasteiger partial charge in [0.25, 0.3) is 0 Å². The van der Waals surface area contributed by atoms with E-state index in [9.17, 15) is 4.79 Å². The Morgan fingerprint density at radius 1 is 1.08 bits per heavy atom. The van der Waals surface area contributed by atoms with Gasteiger partial charge in [-0.15, -0.1) is 0 Å². The molecule has 6 heteroatoms. The smallest absolute Gasteiger partial charge is 0.248 e. The lowest BCUT2D eigenvalue weighted by Crippen LogP contribution is -2.05. The van der Waals surface area contributed by atoms with Gasteiger partial charge in [0, 0.05) is 47.8 Å².